The fourth-order valence-electron chi connectivity index (χ4n) is 3.38. The van der Waals surface area contributed by atoms with Gasteiger partial charge in [-0.1, -0.05) is 76.5 Å². The van der Waals surface area contributed by atoms with E-state index in [0.29, 0.717) is 23.5 Å². The van der Waals surface area contributed by atoms with Gasteiger partial charge in [0.15, 0.2) is 0 Å². The maximum Gasteiger partial charge on any atom is 1.00 e. The van der Waals surface area contributed by atoms with Crippen molar-refractivity contribution in [1.82, 2.24) is 0 Å². The Morgan fingerprint density at radius 1 is 0.867 bits per heavy atom. The predicted octanol–water partition coefficient (Wildman–Crippen LogP) is 2.88. The number of hydrogen-bond donors (Lipinski definition) is 1. The Morgan fingerprint density at radius 3 is 2.00 bits per heavy atom. The summed E-state index contributed by atoms with van der Waals surface area (Å²) in [6, 6.07) is 10.5. The minimum atomic E-state index is -4.35. The molecule has 160 valence electrons. The van der Waals surface area contributed by atoms with Crippen molar-refractivity contribution in [2.45, 2.75) is 76.0 Å². The second-order valence-electron chi connectivity index (χ2n) is 7.36. The molecule has 2 aromatic rings. The molecule has 2 rings (SSSR count). The summed E-state index contributed by atoms with van der Waals surface area (Å²) >= 11 is 0. The van der Waals surface area contributed by atoms with E-state index < -0.39 is 10.1 Å². The van der Waals surface area contributed by atoms with Crippen molar-refractivity contribution in [3.8, 4) is 17.2 Å². The molecule has 0 atom stereocenters. The van der Waals surface area contributed by atoms with Gasteiger partial charge in [-0.15, -0.1) is 5.75 Å². The summed E-state index contributed by atoms with van der Waals surface area (Å²) < 4.78 is 39.1. The van der Waals surface area contributed by atoms with Crippen LogP contribution in [0.4, 0.5) is 0 Å². The zero-order chi connectivity index (χ0) is 21.1. The minimum Gasteiger partial charge on any atom is -0.872 e. The average molecular weight is 459 g/mol. The van der Waals surface area contributed by atoms with Gasteiger partial charge in [-0.25, -0.2) is 0 Å². The van der Waals surface area contributed by atoms with E-state index in [-0.39, 0.29) is 62.0 Å². The van der Waals surface area contributed by atoms with Crippen molar-refractivity contribution in [3.05, 3.63) is 48.0 Å². The molecule has 0 fully saturated rings. The maximum absolute atomic E-state index is 11.8. The van der Waals surface area contributed by atoms with Crippen LogP contribution in [0.15, 0.2) is 47.4 Å². The van der Waals surface area contributed by atoms with E-state index in [0.717, 1.165) is 19.3 Å². The third-order valence-electron chi connectivity index (χ3n) is 4.95. The van der Waals surface area contributed by atoms with Crippen molar-refractivity contribution in [1.29, 1.82) is 0 Å². The van der Waals surface area contributed by atoms with Crippen LogP contribution in [0.2, 0.25) is 0 Å². The zero-order valence-electron chi connectivity index (χ0n) is 18.1. The van der Waals surface area contributed by atoms with Crippen LogP contribution in [-0.2, 0) is 16.5 Å². The molecule has 0 spiro atoms. The Hall–Kier alpha value is -0.414. The Morgan fingerprint density at radius 2 is 1.43 bits per heavy atom. The number of ether oxygens (including phenoxy) is 1. The fourth-order valence-corrected chi connectivity index (χ4v) is 4.14. The molecule has 0 heterocycles. The summed E-state index contributed by atoms with van der Waals surface area (Å²) in [5.41, 5.74) is 0.476. The van der Waals surface area contributed by atoms with Crippen LogP contribution in [0.1, 0.15) is 70.3 Å². The van der Waals surface area contributed by atoms with Crippen molar-refractivity contribution < 1.29 is 74.2 Å². The molecule has 0 amide bonds. The number of unbranched alkanes of at least 4 members (excludes halogenated alkanes) is 8. The first-order chi connectivity index (χ1) is 13.9. The second kappa shape index (κ2) is 14.6. The van der Waals surface area contributed by atoms with E-state index >= 15 is 0 Å². The molecular formula is C23H31KO5S. The molecule has 7 heteroatoms. The van der Waals surface area contributed by atoms with Gasteiger partial charge in [-0.2, -0.15) is 8.42 Å². The number of benzene rings is 2. The summed E-state index contributed by atoms with van der Waals surface area (Å²) in [5, 5.41) is 11.3. The summed E-state index contributed by atoms with van der Waals surface area (Å²) in [4.78, 5) is -0.116. The molecule has 30 heavy (non-hydrogen) atoms. The van der Waals surface area contributed by atoms with Gasteiger partial charge in [0.05, 0.1) is 0 Å². The zero-order valence-corrected chi connectivity index (χ0v) is 22.0. The Balaban J connectivity index is 0.00000450. The molecule has 0 aliphatic carbocycles. The Bertz CT molecular complexity index is 850. The number of hydrogen-bond acceptors (Lipinski definition) is 4. The third kappa shape index (κ3) is 9.81. The van der Waals surface area contributed by atoms with Gasteiger partial charge in [-0.05, 0) is 37.1 Å². The van der Waals surface area contributed by atoms with Gasteiger partial charge in [0.2, 0.25) is 0 Å². The fraction of sp³-hybridized carbons (Fsp3) is 0.478. The monoisotopic (exact) mass is 458 g/mol. The van der Waals surface area contributed by atoms with Gasteiger partial charge >= 0.3 is 51.4 Å². The van der Waals surface area contributed by atoms with E-state index in [2.05, 4.69) is 6.92 Å². The summed E-state index contributed by atoms with van der Waals surface area (Å²) in [5.74, 6) is 0.711. The molecule has 0 saturated carbocycles. The van der Waals surface area contributed by atoms with Crippen molar-refractivity contribution >= 4 is 10.1 Å². The van der Waals surface area contributed by atoms with Crippen LogP contribution in [0.5, 0.6) is 17.2 Å². The minimum absolute atomic E-state index is 0. The Labute approximate surface area is 223 Å². The molecule has 0 radical (unpaired) electrons. The van der Waals surface area contributed by atoms with E-state index in [1.54, 1.807) is 24.3 Å². The van der Waals surface area contributed by atoms with Crippen LogP contribution in [0, 0.1) is 0 Å². The first-order valence-corrected chi connectivity index (χ1v) is 11.9. The molecule has 2 aromatic carbocycles. The largest absolute Gasteiger partial charge is 1.00 e. The van der Waals surface area contributed by atoms with Crippen molar-refractivity contribution in [2.24, 2.45) is 0 Å². The Kier molecular flexibility index (Phi) is 13.5. The standard InChI is InChI=1S/C23H32O5S.K/c1-2-3-4-5-6-7-8-9-10-12-21-22(13-11-14-23(21)29(25,26)27)28-20-17-15-19(24)16-18-20;/h11,13-18,24H,2-10,12H2,1H3,(H,25,26,27);/q;+1/p-1. The maximum atomic E-state index is 11.8. The topological polar surface area (TPSA) is 86.7 Å². The van der Waals surface area contributed by atoms with E-state index in [4.69, 9.17) is 4.74 Å². The van der Waals surface area contributed by atoms with E-state index in [9.17, 15) is 18.1 Å². The quantitative estimate of drug-likeness (QED) is 0.283. The predicted molar refractivity (Wildman–Crippen MR) is 113 cm³/mol. The van der Waals surface area contributed by atoms with Crippen molar-refractivity contribution in [3.63, 3.8) is 0 Å². The van der Waals surface area contributed by atoms with Crippen LogP contribution in [-0.4, -0.2) is 13.0 Å². The molecule has 0 aliphatic heterocycles. The van der Waals surface area contributed by atoms with Gasteiger partial charge in [0, 0.05) is 5.56 Å². The molecule has 0 aliphatic rings. The summed E-state index contributed by atoms with van der Waals surface area (Å²) in [6.07, 6.45) is 11.0. The summed E-state index contributed by atoms with van der Waals surface area (Å²) in [6.45, 7) is 2.21. The van der Waals surface area contributed by atoms with Gasteiger partial charge < -0.3 is 9.84 Å². The molecular weight excluding hydrogens is 427 g/mol. The van der Waals surface area contributed by atoms with Gasteiger partial charge in [-0.3, -0.25) is 4.55 Å². The smallest absolute Gasteiger partial charge is 0.872 e. The third-order valence-corrected chi connectivity index (χ3v) is 5.89. The molecule has 1 N–H and O–H groups in total. The summed E-state index contributed by atoms with van der Waals surface area (Å²) in [7, 11) is -4.35. The molecule has 0 saturated heterocycles. The van der Waals surface area contributed by atoms with E-state index in [1.165, 1.54) is 56.7 Å². The second-order valence-corrected chi connectivity index (χ2v) is 8.75. The van der Waals surface area contributed by atoms with Crippen LogP contribution in [0.3, 0.4) is 0 Å². The first kappa shape index (κ1) is 27.6. The van der Waals surface area contributed by atoms with Gasteiger partial charge in [0.1, 0.15) is 16.4 Å². The first-order valence-electron chi connectivity index (χ1n) is 10.5. The normalized spacial score (nSPS) is 11.1. The van der Waals surface area contributed by atoms with Gasteiger partial charge in [0.25, 0.3) is 10.1 Å². The number of rotatable bonds is 13. The van der Waals surface area contributed by atoms with Crippen molar-refractivity contribution in [2.75, 3.05) is 0 Å². The van der Waals surface area contributed by atoms with Crippen LogP contribution in [0.25, 0.3) is 0 Å². The van der Waals surface area contributed by atoms with Crippen LogP contribution >= 0.6 is 0 Å². The van der Waals surface area contributed by atoms with E-state index in [1.807, 2.05) is 0 Å². The molecule has 0 bridgehead atoms. The average Bonchev–Trinajstić information content (AvgIpc) is 2.68. The van der Waals surface area contributed by atoms with Crippen LogP contribution < -0.4 is 61.2 Å². The molecule has 0 aromatic heterocycles. The SMILES string of the molecule is CCCCCCCCCCCc1c(Oc2ccc([O-])cc2)cccc1S(=O)(=O)O.[K+]. The molecule has 5 nitrogen and oxygen atoms in total. The molecule has 0 unspecified atom stereocenters.